The van der Waals surface area contributed by atoms with Gasteiger partial charge in [0.25, 0.3) is 0 Å². The van der Waals surface area contributed by atoms with Crippen LogP contribution in [0.2, 0.25) is 0 Å². The molecule has 0 saturated carbocycles. The molecule has 0 fully saturated rings. The normalized spacial score (nSPS) is 11.9. The predicted molar refractivity (Wildman–Crippen MR) is 244 cm³/mol. The Bertz CT molecular complexity index is 2900. The van der Waals surface area contributed by atoms with Gasteiger partial charge in [-0.1, -0.05) is 189 Å². The molecule has 1 heterocycles. The molecule has 9 rings (SSSR count). The van der Waals surface area contributed by atoms with Gasteiger partial charge in [0, 0.05) is 33.3 Å². The van der Waals surface area contributed by atoms with Gasteiger partial charge in [-0.3, -0.25) is 0 Å². The van der Waals surface area contributed by atoms with E-state index in [2.05, 4.69) is 241 Å². The van der Waals surface area contributed by atoms with Gasteiger partial charge in [0.2, 0.25) is 0 Å². The Balaban J connectivity index is 1.18. The first kappa shape index (κ1) is 35.3. The van der Waals surface area contributed by atoms with Crippen LogP contribution in [0.4, 0.5) is 11.4 Å². The Morgan fingerprint density at radius 3 is 1.74 bits per heavy atom. The molecule has 0 amide bonds. The molecule has 0 unspecified atom stereocenters. The van der Waals surface area contributed by atoms with Gasteiger partial charge in [0.1, 0.15) is 0 Å². The number of para-hydroxylation sites is 3. The van der Waals surface area contributed by atoms with E-state index in [-0.39, 0.29) is 0 Å². The highest BCUT2D eigenvalue weighted by Gasteiger charge is 2.19. The highest BCUT2D eigenvalue weighted by molar-refractivity contribution is 6.16. The number of rotatable bonds is 10. The lowest BCUT2D eigenvalue weighted by Gasteiger charge is -2.28. The third-order valence-corrected chi connectivity index (χ3v) is 10.8. The van der Waals surface area contributed by atoms with Crippen LogP contribution in [0.3, 0.4) is 0 Å². The molecular formula is C55H42N2. The average Bonchev–Trinajstić information content (AvgIpc) is 3.63. The van der Waals surface area contributed by atoms with Crippen LogP contribution in [0.15, 0.2) is 237 Å². The Morgan fingerprint density at radius 1 is 0.474 bits per heavy atom. The first-order valence-corrected chi connectivity index (χ1v) is 19.5. The van der Waals surface area contributed by atoms with Crippen LogP contribution >= 0.6 is 0 Å². The Labute approximate surface area is 335 Å². The second-order valence-electron chi connectivity index (χ2n) is 14.2. The van der Waals surface area contributed by atoms with E-state index in [1.54, 1.807) is 0 Å². The maximum absolute atomic E-state index is 4.35. The molecule has 0 bridgehead atoms. The van der Waals surface area contributed by atoms with E-state index >= 15 is 0 Å². The third kappa shape index (κ3) is 6.79. The zero-order valence-corrected chi connectivity index (χ0v) is 32.0. The fourth-order valence-electron chi connectivity index (χ4n) is 8.10. The topological polar surface area (TPSA) is 8.17 Å². The summed E-state index contributed by atoms with van der Waals surface area (Å²) >= 11 is 0. The zero-order valence-electron chi connectivity index (χ0n) is 32.0. The van der Waals surface area contributed by atoms with Crippen molar-refractivity contribution < 1.29 is 0 Å². The van der Waals surface area contributed by atoms with E-state index in [1.807, 2.05) is 6.08 Å². The van der Waals surface area contributed by atoms with Crippen molar-refractivity contribution in [2.45, 2.75) is 6.92 Å². The monoisotopic (exact) mass is 730 g/mol. The highest BCUT2D eigenvalue weighted by Crippen LogP contribution is 2.41. The van der Waals surface area contributed by atoms with E-state index < -0.39 is 0 Å². The Hall–Kier alpha value is -7.42. The standard InChI is InChI=1S/C55H42N2/c1-3-41(47-26-13-17-31-52(47)57-53-32-18-15-28-50(53)55-49(29-19-33-54(55)57)45-24-11-6-12-25-45)35-34-40(2)56(46-38-36-43(37-39-46)42-20-7-4-8-21-42)51-30-16-14-27-48(51)44-22-9-5-10-23-44/h3-39H,1H2,2H3/b40-34+,41-35+. The molecule has 0 saturated heterocycles. The van der Waals surface area contributed by atoms with Crippen molar-refractivity contribution in [3.05, 3.63) is 242 Å². The van der Waals surface area contributed by atoms with E-state index in [1.165, 1.54) is 49.6 Å². The lowest BCUT2D eigenvalue weighted by Crippen LogP contribution is -2.15. The lowest BCUT2D eigenvalue weighted by atomic mass is 9.99. The van der Waals surface area contributed by atoms with Gasteiger partial charge in [-0.25, -0.2) is 0 Å². The smallest absolute Gasteiger partial charge is 0.0547 e. The first-order chi connectivity index (χ1) is 28.2. The molecule has 272 valence electrons. The van der Waals surface area contributed by atoms with E-state index in [0.29, 0.717) is 0 Å². The summed E-state index contributed by atoms with van der Waals surface area (Å²) < 4.78 is 2.41. The van der Waals surface area contributed by atoms with E-state index in [9.17, 15) is 0 Å². The van der Waals surface area contributed by atoms with Crippen LogP contribution in [-0.2, 0) is 0 Å². The van der Waals surface area contributed by atoms with Crippen LogP contribution in [-0.4, -0.2) is 4.57 Å². The van der Waals surface area contributed by atoms with Crippen LogP contribution in [0.5, 0.6) is 0 Å². The van der Waals surface area contributed by atoms with Gasteiger partial charge >= 0.3 is 0 Å². The fraction of sp³-hybridized carbons (Fsp3) is 0.0182. The summed E-state index contributed by atoms with van der Waals surface area (Å²) in [5.74, 6) is 0. The molecular weight excluding hydrogens is 689 g/mol. The first-order valence-electron chi connectivity index (χ1n) is 19.5. The number of anilines is 2. The lowest BCUT2D eigenvalue weighted by molar-refractivity contribution is 1.16. The van der Waals surface area contributed by atoms with Gasteiger partial charge < -0.3 is 9.47 Å². The number of hydrogen-bond donors (Lipinski definition) is 0. The van der Waals surface area contributed by atoms with Crippen LogP contribution in [0.1, 0.15) is 12.5 Å². The largest absolute Gasteiger partial charge is 0.314 e. The summed E-state index contributed by atoms with van der Waals surface area (Å²) in [6.07, 6.45) is 6.41. The SMILES string of the molecule is C=C/C(=C\C=C(/C)N(c1ccc(-c2ccccc2)cc1)c1ccccc1-c1ccccc1)c1ccccc1-n1c2ccccc2c2c(-c3ccccc3)cccc21. The summed E-state index contributed by atoms with van der Waals surface area (Å²) in [5, 5.41) is 2.48. The number of allylic oxidation sites excluding steroid dienone is 5. The molecule has 0 aliphatic heterocycles. The quantitative estimate of drug-likeness (QED) is 0.127. The molecule has 1 aromatic heterocycles. The summed E-state index contributed by atoms with van der Waals surface area (Å²) in [5.41, 5.74) is 16.0. The Kier molecular flexibility index (Phi) is 9.75. The fourth-order valence-corrected chi connectivity index (χ4v) is 8.10. The van der Waals surface area contributed by atoms with Crippen molar-refractivity contribution in [2.75, 3.05) is 4.90 Å². The van der Waals surface area contributed by atoms with Crippen molar-refractivity contribution >= 4 is 38.8 Å². The summed E-state index contributed by atoms with van der Waals surface area (Å²) in [7, 11) is 0. The van der Waals surface area contributed by atoms with E-state index in [0.717, 1.165) is 39.5 Å². The van der Waals surface area contributed by atoms with Gasteiger partial charge in [-0.2, -0.15) is 0 Å². The van der Waals surface area contributed by atoms with Crippen LogP contribution in [0, 0.1) is 0 Å². The summed E-state index contributed by atoms with van der Waals surface area (Å²) in [6, 6.07) is 73.5. The Morgan fingerprint density at radius 2 is 1.02 bits per heavy atom. The molecule has 0 spiro atoms. The molecule has 57 heavy (non-hydrogen) atoms. The maximum Gasteiger partial charge on any atom is 0.0547 e. The van der Waals surface area contributed by atoms with Crippen molar-refractivity contribution in [2.24, 2.45) is 0 Å². The highest BCUT2D eigenvalue weighted by atomic mass is 15.1. The van der Waals surface area contributed by atoms with Crippen LogP contribution in [0.25, 0.3) is 66.4 Å². The molecule has 0 aliphatic carbocycles. The number of hydrogen-bond acceptors (Lipinski definition) is 1. The molecule has 8 aromatic carbocycles. The molecule has 0 atom stereocenters. The second kappa shape index (κ2) is 15.7. The van der Waals surface area contributed by atoms with Crippen LogP contribution < -0.4 is 4.90 Å². The van der Waals surface area contributed by atoms with Crippen molar-refractivity contribution in [3.8, 4) is 39.1 Å². The van der Waals surface area contributed by atoms with Gasteiger partial charge in [0.15, 0.2) is 0 Å². The minimum absolute atomic E-state index is 1.03. The summed E-state index contributed by atoms with van der Waals surface area (Å²) in [4.78, 5) is 2.36. The molecule has 9 aromatic rings. The molecule has 0 N–H and O–H groups in total. The number of nitrogens with zero attached hydrogens (tertiary/aromatic N) is 2. The van der Waals surface area contributed by atoms with Gasteiger partial charge in [-0.15, -0.1) is 0 Å². The van der Waals surface area contributed by atoms with Gasteiger partial charge in [-0.05, 0) is 82.8 Å². The molecule has 2 nitrogen and oxygen atoms in total. The van der Waals surface area contributed by atoms with Gasteiger partial charge in [0.05, 0.1) is 22.4 Å². The van der Waals surface area contributed by atoms with Crippen molar-refractivity contribution in [1.82, 2.24) is 4.57 Å². The predicted octanol–water partition coefficient (Wildman–Crippen LogP) is 15.1. The minimum Gasteiger partial charge on any atom is -0.314 e. The molecule has 2 heteroatoms. The number of benzene rings is 8. The summed E-state index contributed by atoms with van der Waals surface area (Å²) in [6.45, 7) is 6.54. The molecule has 0 radical (unpaired) electrons. The maximum atomic E-state index is 4.35. The number of aromatic nitrogens is 1. The number of fused-ring (bicyclic) bond motifs is 3. The van der Waals surface area contributed by atoms with E-state index in [4.69, 9.17) is 0 Å². The second-order valence-corrected chi connectivity index (χ2v) is 14.2. The molecule has 0 aliphatic rings. The third-order valence-electron chi connectivity index (χ3n) is 10.8. The average molecular weight is 731 g/mol. The zero-order chi connectivity index (χ0) is 38.6. The van der Waals surface area contributed by atoms with Crippen molar-refractivity contribution in [3.63, 3.8) is 0 Å². The minimum atomic E-state index is 1.03. The van der Waals surface area contributed by atoms with Crippen molar-refractivity contribution in [1.29, 1.82) is 0 Å².